The Bertz CT molecular complexity index is 3220. The topological polar surface area (TPSA) is 6.48 Å². The molecule has 0 aliphatic heterocycles. The van der Waals surface area contributed by atoms with Crippen molar-refractivity contribution < 1.29 is 0 Å². The van der Waals surface area contributed by atoms with Crippen LogP contribution in [-0.4, -0.2) is 0 Å². The highest BCUT2D eigenvalue weighted by Crippen LogP contribution is 2.52. The first kappa shape index (κ1) is 37.3. The molecule has 12 rings (SSSR count). The number of benzene rings is 12. The number of fused-ring (bicyclic) bond motifs is 5. The summed E-state index contributed by atoms with van der Waals surface area (Å²) in [5.41, 5.74) is 11.7. The van der Waals surface area contributed by atoms with Crippen LogP contribution in [0.25, 0.3) is 76.1 Å². The number of hydrogen-bond donors (Lipinski definition) is 0. The van der Waals surface area contributed by atoms with Gasteiger partial charge in [0.25, 0.3) is 0 Å². The van der Waals surface area contributed by atoms with Gasteiger partial charge in [-0.05, 0) is 103 Å². The monoisotopic (exact) mass is 814 g/mol. The zero-order chi connectivity index (χ0) is 42.4. The molecule has 0 aliphatic carbocycles. The summed E-state index contributed by atoms with van der Waals surface area (Å²) in [5, 5.41) is 12.1. The summed E-state index contributed by atoms with van der Waals surface area (Å²) in [7, 11) is 0. The number of nitrogens with zero attached hydrogens (tertiary/aromatic N) is 2. The van der Waals surface area contributed by atoms with Gasteiger partial charge < -0.3 is 9.80 Å². The van der Waals surface area contributed by atoms with E-state index in [4.69, 9.17) is 0 Å². The van der Waals surface area contributed by atoms with E-state index in [0.717, 1.165) is 22.7 Å². The van der Waals surface area contributed by atoms with Crippen molar-refractivity contribution in [2.75, 3.05) is 9.80 Å². The average molecular weight is 815 g/mol. The molecule has 0 aromatic heterocycles. The standard InChI is InChI=1S/C62H42N2/c1-5-23-43(24-6-1)63(44-25-7-2-8-26-44)61-55-37-19-15-33-49(55)59(50-34-16-20-38-56(50)61)53-41-42-54(48-32-14-13-31-47(48)53)60-51-35-17-21-39-57(51)62(58-40-22-18-36-52(58)60)64(45-27-9-3-10-28-45)46-29-11-4-12-30-46/h1-42H. The number of hydrogen-bond acceptors (Lipinski definition) is 2. The minimum atomic E-state index is 1.12. The van der Waals surface area contributed by atoms with Crippen LogP contribution in [-0.2, 0) is 0 Å². The fourth-order valence-electron chi connectivity index (χ4n) is 10.1. The van der Waals surface area contributed by atoms with Gasteiger partial charge in [0.15, 0.2) is 0 Å². The third kappa shape index (κ3) is 6.11. The molecule has 12 aromatic rings. The lowest BCUT2D eigenvalue weighted by Gasteiger charge is -2.30. The summed E-state index contributed by atoms with van der Waals surface area (Å²) < 4.78 is 0. The molecule has 0 heterocycles. The molecular formula is C62H42N2. The Labute approximate surface area is 373 Å². The van der Waals surface area contributed by atoms with E-state index in [1.807, 2.05) is 0 Å². The van der Waals surface area contributed by atoms with E-state index in [9.17, 15) is 0 Å². The first-order chi connectivity index (χ1) is 31.8. The van der Waals surface area contributed by atoms with Crippen molar-refractivity contribution in [2.24, 2.45) is 0 Å². The molecule has 0 N–H and O–H groups in total. The molecule has 2 nitrogen and oxygen atoms in total. The van der Waals surface area contributed by atoms with Crippen LogP contribution in [0.4, 0.5) is 34.1 Å². The van der Waals surface area contributed by atoms with Gasteiger partial charge in [-0.1, -0.05) is 206 Å². The van der Waals surface area contributed by atoms with Crippen LogP contribution >= 0.6 is 0 Å². The Kier molecular flexibility index (Phi) is 9.20. The van der Waals surface area contributed by atoms with Crippen molar-refractivity contribution in [3.05, 3.63) is 255 Å². The van der Waals surface area contributed by atoms with E-state index in [1.165, 1.54) is 87.5 Å². The van der Waals surface area contributed by atoms with E-state index in [-0.39, 0.29) is 0 Å². The molecule has 0 atom stereocenters. The molecule has 0 unspecified atom stereocenters. The predicted molar refractivity (Wildman–Crippen MR) is 274 cm³/mol. The van der Waals surface area contributed by atoms with Crippen LogP contribution in [0.3, 0.4) is 0 Å². The van der Waals surface area contributed by atoms with Gasteiger partial charge in [-0.3, -0.25) is 0 Å². The molecule has 12 aromatic carbocycles. The summed E-state index contributed by atoms with van der Waals surface area (Å²) in [4.78, 5) is 4.85. The molecule has 0 bridgehead atoms. The van der Waals surface area contributed by atoms with E-state index in [2.05, 4.69) is 265 Å². The molecule has 0 aliphatic rings. The normalized spacial score (nSPS) is 11.4. The van der Waals surface area contributed by atoms with Gasteiger partial charge in [-0.25, -0.2) is 0 Å². The second-order valence-electron chi connectivity index (χ2n) is 16.3. The van der Waals surface area contributed by atoms with Crippen LogP contribution in [0.2, 0.25) is 0 Å². The fourth-order valence-corrected chi connectivity index (χ4v) is 10.1. The first-order valence-electron chi connectivity index (χ1n) is 22.0. The SMILES string of the molecule is c1ccc(N(c2ccccc2)c2c3ccccc3c(-c3ccc(-c4c5ccccc5c(N(c5ccccc5)c5ccccc5)c5ccccc45)c4ccccc34)c3ccccc23)cc1. The molecule has 0 spiro atoms. The second-order valence-corrected chi connectivity index (χ2v) is 16.3. The second kappa shape index (κ2) is 15.8. The lowest BCUT2D eigenvalue weighted by molar-refractivity contribution is 1.31. The number of rotatable bonds is 8. The summed E-state index contributed by atoms with van der Waals surface area (Å²) >= 11 is 0. The van der Waals surface area contributed by atoms with Gasteiger partial charge in [0.1, 0.15) is 0 Å². The maximum Gasteiger partial charge on any atom is 0.0618 e. The minimum Gasteiger partial charge on any atom is -0.309 e. The molecule has 64 heavy (non-hydrogen) atoms. The van der Waals surface area contributed by atoms with Crippen LogP contribution in [0.1, 0.15) is 0 Å². The van der Waals surface area contributed by atoms with Crippen LogP contribution in [0, 0.1) is 0 Å². The Balaban J connectivity index is 1.13. The summed E-state index contributed by atoms with van der Waals surface area (Å²) in [6.07, 6.45) is 0. The fraction of sp³-hybridized carbons (Fsp3) is 0. The largest absolute Gasteiger partial charge is 0.309 e. The highest BCUT2D eigenvalue weighted by Gasteiger charge is 2.25. The van der Waals surface area contributed by atoms with Crippen molar-refractivity contribution in [1.29, 1.82) is 0 Å². The zero-order valence-electron chi connectivity index (χ0n) is 35.1. The lowest BCUT2D eigenvalue weighted by atomic mass is 9.84. The van der Waals surface area contributed by atoms with Gasteiger partial charge in [0, 0.05) is 44.3 Å². The van der Waals surface area contributed by atoms with Crippen LogP contribution in [0.15, 0.2) is 255 Å². The Morgan fingerprint density at radius 3 is 0.625 bits per heavy atom. The molecule has 0 saturated carbocycles. The lowest BCUT2D eigenvalue weighted by Crippen LogP contribution is -2.11. The van der Waals surface area contributed by atoms with Gasteiger partial charge >= 0.3 is 0 Å². The molecule has 0 fully saturated rings. The van der Waals surface area contributed by atoms with Crippen molar-refractivity contribution in [3.63, 3.8) is 0 Å². The third-order valence-corrected chi connectivity index (χ3v) is 12.8. The van der Waals surface area contributed by atoms with E-state index in [0.29, 0.717) is 0 Å². The summed E-state index contributed by atoms with van der Waals surface area (Å²) in [5.74, 6) is 0. The summed E-state index contributed by atoms with van der Waals surface area (Å²) in [6, 6.07) is 92.6. The van der Waals surface area contributed by atoms with Crippen LogP contribution in [0.5, 0.6) is 0 Å². The van der Waals surface area contributed by atoms with E-state index < -0.39 is 0 Å². The van der Waals surface area contributed by atoms with Gasteiger partial charge in [0.2, 0.25) is 0 Å². The van der Waals surface area contributed by atoms with Crippen molar-refractivity contribution in [3.8, 4) is 22.3 Å². The highest BCUT2D eigenvalue weighted by molar-refractivity contribution is 6.28. The Hall–Kier alpha value is -8.46. The van der Waals surface area contributed by atoms with E-state index in [1.54, 1.807) is 0 Å². The zero-order valence-corrected chi connectivity index (χ0v) is 35.1. The maximum absolute atomic E-state index is 2.42. The number of anilines is 6. The maximum atomic E-state index is 2.42. The van der Waals surface area contributed by atoms with Gasteiger partial charge in [-0.15, -0.1) is 0 Å². The minimum absolute atomic E-state index is 1.12. The predicted octanol–water partition coefficient (Wildman–Crippen LogP) is 17.7. The Morgan fingerprint density at radius 2 is 0.375 bits per heavy atom. The van der Waals surface area contributed by atoms with Crippen molar-refractivity contribution in [2.45, 2.75) is 0 Å². The van der Waals surface area contributed by atoms with Crippen LogP contribution < -0.4 is 9.80 Å². The van der Waals surface area contributed by atoms with Gasteiger partial charge in [0.05, 0.1) is 11.4 Å². The molecule has 2 heteroatoms. The highest BCUT2D eigenvalue weighted by atomic mass is 15.2. The van der Waals surface area contributed by atoms with Gasteiger partial charge in [-0.2, -0.15) is 0 Å². The molecular weight excluding hydrogens is 773 g/mol. The average Bonchev–Trinajstić information content (AvgIpc) is 3.37. The molecule has 0 amide bonds. The Morgan fingerprint density at radius 1 is 0.172 bits per heavy atom. The molecule has 0 radical (unpaired) electrons. The van der Waals surface area contributed by atoms with Crippen molar-refractivity contribution >= 4 is 88.0 Å². The quantitative estimate of drug-likeness (QED) is 0.141. The molecule has 0 saturated heterocycles. The number of para-hydroxylation sites is 4. The summed E-state index contributed by atoms with van der Waals surface area (Å²) in [6.45, 7) is 0. The smallest absolute Gasteiger partial charge is 0.0618 e. The van der Waals surface area contributed by atoms with Crippen molar-refractivity contribution in [1.82, 2.24) is 0 Å². The van der Waals surface area contributed by atoms with E-state index >= 15 is 0 Å². The first-order valence-corrected chi connectivity index (χ1v) is 22.0. The molecule has 300 valence electrons. The third-order valence-electron chi connectivity index (χ3n) is 12.8.